The highest BCUT2D eigenvalue weighted by Crippen LogP contribution is 2.31. The first kappa shape index (κ1) is 13.8. The van der Waals surface area contributed by atoms with E-state index in [1.54, 1.807) is 0 Å². The van der Waals surface area contributed by atoms with Crippen molar-refractivity contribution in [1.82, 2.24) is 4.98 Å². The third-order valence-electron chi connectivity index (χ3n) is 2.43. The summed E-state index contributed by atoms with van der Waals surface area (Å²) < 4.78 is 37.3. The Kier molecular flexibility index (Phi) is 3.08. The van der Waals surface area contributed by atoms with E-state index in [2.05, 4.69) is 10.3 Å². The highest BCUT2D eigenvalue weighted by molar-refractivity contribution is 6.10. The molecule has 0 saturated carbocycles. The number of nitrogens with zero attached hydrogens (tertiary/aromatic N) is 2. The van der Waals surface area contributed by atoms with E-state index in [-0.39, 0.29) is 16.2 Å². The number of alkyl halides is 3. The second kappa shape index (κ2) is 4.47. The van der Waals surface area contributed by atoms with E-state index in [0.29, 0.717) is 0 Å². The third-order valence-corrected chi connectivity index (χ3v) is 2.43. The molecule has 7 nitrogen and oxygen atoms in total. The number of carboxylic acids is 1. The van der Waals surface area contributed by atoms with E-state index in [0.717, 1.165) is 12.3 Å². The third kappa shape index (κ3) is 2.39. The molecule has 2 rings (SSSR count). The van der Waals surface area contributed by atoms with Crippen LogP contribution in [0.25, 0.3) is 0 Å². The van der Waals surface area contributed by atoms with E-state index in [1.807, 2.05) is 0 Å². The Morgan fingerprint density at radius 2 is 2.05 bits per heavy atom. The van der Waals surface area contributed by atoms with Crippen molar-refractivity contribution in [1.29, 1.82) is 0 Å². The monoisotopic (exact) mass is 289 g/mol. The summed E-state index contributed by atoms with van der Waals surface area (Å²) in [6, 6.07) is 0.929. The summed E-state index contributed by atoms with van der Waals surface area (Å²) >= 11 is 0. The molecule has 0 saturated heterocycles. The van der Waals surface area contributed by atoms with Gasteiger partial charge in [-0.25, -0.2) is 9.78 Å². The average molecular weight is 289 g/mol. The van der Waals surface area contributed by atoms with Crippen molar-refractivity contribution < 1.29 is 32.7 Å². The molecule has 0 bridgehead atoms. The van der Waals surface area contributed by atoms with Gasteiger partial charge in [0.05, 0.1) is 11.3 Å². The Balaban J connectivity index is 2.48. The van der Waals surface area contributed by atoms with Gasteiger partial charge in [-0.1, -0.05) is 0 Å². The van der Waals surface area contributed by atoms with Gasteiger partial charge in [-0.15, -0.1) is 0 Å². The van der Waals surface area contributed by atoms with Gasteiger partial charge in [-0.05, 0) is 6.07 Å². The number of hydrogen-bond donors (Lipinski definition) is 2. The van der Waals surface area contributed by atoms with Crippen LogP contribution in [0.5, 0.6) is 0 Å². The standard InChI is InChI=1S/C10H6F3N3O4/c11-10(12,13)9(20)16-3-6(17)15-5-1-4(8(18)19)2-14-7(5)16/h1-2H,3H2,(H,15,17)(H,18,19). The fraction of sp³-hybridized carbons (Fsp3) is 0.200. The summed E-state index contributed by atoms with van der Waals surface area (Å²) in [7, 11) is 0. The van der Waals surface area contributed by atoms with Crippen LogP contribution in [0.4, 0.5) is 24.7 Å². The molecule has 2 heterocycles. The Morgan fingerprint density at radius 3 is 2.60 bits per heavy atom. The van der Waals surface area contributed by atoms with Crippen molar-refractivity contribution in [2.75, 3.05) is 16.8 Å². The highest BCUT2D eigenvalue weighted by Gasteiger charge is 2.45. The number of fused-ring (bicyclic) bond motifs is 1. The SMILES string of the molecule is O=C1CN(C(=O)C(F)(F)F)c2ncc(C(=O)O)cc2N1. The molecule has 1 aliphatic heterocycles. The van der Waals surface area contributed by atoms with Crippen molar-refractivity contribution in [2.45, 2.75) is 6.18 Å². The quantitative estimate of drug-likeness (QED) is 0.789. The van der Waals surface area contributed by atoms with E-state index < -0.39 is 36.3 Å². The number of carbonyl (C=O) groups is 3. The lowest BCUT2D eigenvalue weighted by Gasteiger charge is -2.28. The molecule has 0 fully saturated rings. The van der Waals surface area contributed by atoms with E-state index in [4.69, 9.17) is 5.11 Å². The zero-order chi connectivity index (χ0) is 15.1. The van der Waals surface area contributed by atoms with Crippen LogP contribution in [0.2, 0.25) is 0 Å². The van der Waals surface area contributed by atoms with Crippen LogP contribution < -0.4 is 10.2 Å². The minimum atomic E-state index is -5.16. The zero-order valence-corrected chi connectivity index (χ0v) is 9.56. The topological polar surface area (TPSA) is 99.6 Å². The summed E-state index contributed by atoms with van der Waals surface area (Å²) in [4.78, 5) is 36.9. The average Bonchev–Trinajstić information content (AvgIpc) is 2.34. The number of rotatable bonds is 1. The fourth-order valence-corrected chi connectivity index (χ4v) is 1.61. The molecule has 0 radical (unpaired) electrons. The van der Waals surface area contributed by atoms with Crippen LogP contribution in [-0.4, -0.2) is 40.6 Å². The Bertz CT molecular complexity index is 614. The van der Waals surface area contributed by atoms with Crippen LogP contribution >= 0.6 is 0 Å². The van der Waals surface area contributed by atoms with Crippen LogP contribution in [0, 0.1) is 0 Å². The molecule has 0 unspecified atom stereocenters. The summed E-state index contributed by atoms with van der Waals surface area (Å²) in [5.74, 6) is -4.94. The first-order valence-corrected chi connectivity index (χ1v) is 5.12. The summed E-state index contributed by atoms with van der Waals surface area (Å²) in [6.07, 6.45) is -4.36. The van der Waals surface area contributed by atoms with Crippen molar-refractivity contribution in [2.24, 2.45) is 0 Å². The van der Waals surface area contributed by atoms with Gasteiger partial charge in [-0.3, -0.25) is 14.5 Å². The minimum absolute atomic E-state index is 0.153. The first-order chi connectivity index (χ1) is 9.20. The maximum Gasteiger partial charge on any atom is 0.471 e. The van der Waals surface area contributed by atoms with Gasteiger partial charge in [0.2, 0.25) is 5.91 Å². The number of aromatic carboxylic acids is 1. The molecule has 0 aromatic carbocycles. The number of amides is 2. The lowest BCUT2D eigenvalue weighted by atomic mass is 10.2. The van der Waals surface area contributed by atoms with E-state index in [9.17, 15) is 27.6 Å². The molecule has 2 N–H and O–H groups in total. The summed E-state index contributed by atoms with van der Waals surface area (Å²) in [6.45, 7) is -0.842. The van der Waals surface area contributed by atoms with Gasteiger partial charge >= 0.3 is 18.1 Å². The molecule has 1 aromatic rings. The van der Waals surface area contributed by atoms with Crippen LogP contribution in [-0.2, 0) is 9.59 Å². The number of pyridine rings is 1. The number of hydrogen-bond acceptors (Lipinski definition) is 4. The van der Waals surface area contributed by atoms with E-state index in [1.165, 1.54) is 0 Å². The zero-order valence-electron chi connectivity index (χ0n) is 9.56. The molecular weight excluding hydrogens is 283 g/mol. The van der Waals surface area contributed by atoms with Crippen molar-refractivity contribution in [3.05, 3.63) is 17.8 Å². The molecule has 2 amide bonds. The predicted octanol–water partition coefficient (Wildman–Crippen LogP) is 0.627. The Labute approximate surface area is 109 Å². The first-order valence-electron chi connectivity index (χ1n) is 5.12. The van der Waals surface area contributed by atoms with Gasteiger partial charge in [0.1, 0.15) is 6.54 Å². The van der Waals surface area contributed by atoms with Crippen LogP contribution in [0.15, 0.2) is 12.3 Å². The number of carboxylic acid groups (broad SMARTS) is 1. The number of aromatic nitrogens is 1. The van der Waals surface area contributed by atoms with Crippen molar-refractivity contribution >= 4 is 29.3 Å². The van der Waals surface area contributed by atoms with Gasteiger partial charge in [-0.2, -0.15) is 13.2 Å². The summed E-state index contributed by atoms with van der Waals surface area (Å²) in [5.41, 5.74) is -0.593. The second-order valence-corrected chi connectivity index (χ2v) is 3.84. The van der Waals surface area contributed by atoms with Gasteiger partial charge in [0, 0.05) is 6.20 Å². The fourth-order valence-electron chi connectivity index (χ4n) is 1.61. The van der Waals surface area contributed by atoms with Crippen LogP contribution in [0.3, 0.4) is 0 Å². The number of carbonyl (C=O) groups excluding carboxylic acids is 2. The molecule has 0 spiro atoms. The molecule has 20 heavy (non-hydrogen) atoms. The molecule has 1 aliphatic rings. The summed E-state index contributed by atoms with van der Waals surface area (Å²) in [5, 5.41) is 10.9. The van der Waals surface area contributed by atoms with Gasteiger partial charge < -0.3 is 10.4 Å². The normalized spacial score (nSPS) is 14.6. The molecule has 1 aromatic heterocycles. The van der Waals surface area contributed by atoms with Crippen molar-refractivity contribution in [3.63, 3.8) is 0 Å². The molecular formula is C10H6F3N3O4. The van der Waals surface area contributed by atoms with Crippen molar-refractivity contribution in [3.8, 4) is 0 Å². The smallest absolute Gasteiger partial charge is 0.471 e. The van der Waals surface area contributed by atoms with Crippen LogP contribution in [0.1, 0.15) is 10.4 Å². The molecule has 106 valence electrons. The predicted molar refractivity (Wildman–Crippen MR) is 58.2 cm³/mol. The molecule has 10 heteroatoms. The molecule has 0 aliphatic carbocycles. The lowest BCUT2D eigenvalue weighted by Crippen LogP contribution is -2.48. The Morgan fingerprint density at radius 1 is 1.40 bits per heavy atom. The Hall–Kier alpha value is -2.65. The molecule has 0 atom stereocenters. The highest BCUT2D eigenvalue weighted by atomic mass is 19.4. The maximum absolute atomic E-state index is 12.4. The second-order valence-electron chi connectivity index (χ2n) is 3.84. The number of halogens is 3. The van der Waals surface area contributed by atoms with Gasteiger partial charge in [0.15, 0.2) is 5.82 Å². The number of anilines is 2. The maximum atomic E-state index is 12.4. The van der Waals surface area contributed by atoms with E-state index >= 15 is 0 Å². The van der Waals surface area contributed by atoms with Gasteiger partial charge in [0.25, 0.3) is 0 Å². The lowest BCUT2D eigenvalue weighted by molar-refractivity contribution is -0.170. The largest absolute Gasteiger partial charge is 0.478 e. The number of nitrogens with one attached hydrogen (secondary N) is 1. The minimum Gasteiger partial charge on any atom is -0.478 e.